The Kier molecular flexibility index (Phi) is 6.09. The largest absolute Gasteiger partial charge is 0.481 e. The number of rotatable bonds is 7. The van der Waals surface area contributed by atoms with Crippen molar-refractivity contribution in [3.63, 3.8) is 0 Å². The van der Waals surface area contributed by atoms with Crippen molar-refractivity contribution >= 4 is 12.0 Å². The molecule has 0 aliphatic carbocycles. The molecule has 2 N–H and O–H groups in total. The van der Waals surface area contributed by atoms with Crippen LogP contribution in [0.15, 0.2) is 22.8 Å². The van der Waals surface area contributed by atoms with Crippen molar-refractivity contribution in [3.05, 3.63) is 24.2 Å². The minimum absolute atomic E-state index is 0.0508. The summed E-state index contributed by atoms with van der Waals surface area (Å²) in [4.78, 5) is 24.3. The van der Waals surface area contributed by atoms with Crippen molar-refractivity contribution in [2.75, 3.05) is 6.54 Å². The standard InChI is InChI=1S/C14H22N2O4/c1-10(2)16(7-6-13(17)18)14(19)15-11(3)9-12-5-4-8-20-12/h4-5,8,10-11H,6-7,9H2,1-3H3,(H,15,19)(H,17,18). The summed E-state index contributed by atoms with van der Waals surface area (Å²) < 4.78 is 5.23. The highest BCUT2D eigenvalue weighted by atomic mass is 16.4. The number of hydrogen-bond acceptors (Lipinski definition) is 3. The highest BCUT2D eigenvalue weighted by Crippen LogP contribution is 2.06. The molecule has 6 heteroatoms. The van der Waals surface area contributed by atoms with E-state index in [0.717, 1.165) is 5.76 Å². The minimum atomic E-state index is -0.910. The zero-order valence-electron chi connectivity index (χ0n) is 12.1. The quantitative estimate of drug-likeness (QED) is 0.802. The summed E-state index contributed by atoms with van der Waals surface area (Å²) in [6.45, 7) is 5.81. The second-order valence-corrected chi connectivity index (χ2v) is 5.06. The Bertz CT molecular complexity index is 428. The van der Waals surface area contributed by atoms with Crippen molar-refractivity contribution < 1.29 is 19.1 Å². The molecule has 0 radical (unpaired) electrons. The Morgan fingerprint density at radius 2 is 2.10 bits per heavy atom. The molecule has 20 heavy (non-hydrogen) atoms. The zero-order chi connectivity index (χ0) is 15.1. The Morgan fingerprint density at radius 1 is 1.40 bits per heavy atom. The number of aliphatic carboxylic acids is 1. The molecule has 0 aliphatic rings. The number of furan rings is 1. The topological polar surface area (TPSA) is 82.8 Å². The van der Waals surface area contributed by atoms with Gasteiger partial charge in [0.25, 0.3) is 0 Å². The fourth-order valence-corrected chi connectivity index (χ4v) is 1.89. The first-order valence-electron chi connectivity index (χ1n) is 6.71. The molecule has 1 unspecified atom stereocenters. The fourth-order valence-electron chi connectivity index (χ4n) is 1.89. The van der Waals surface area contributed by atoms with Gasteiger partial charge in [-0.05, 0) is 32.9 Å². The highest BCUT2D eigenvalue weighted by Gasteiger charge is 2.19. The predicted molar refractivity (Wildman–Crippen MR) is 74.5 cm³/mol. The van der Waals surface area contributed by atoms with E-state index >= 15 is 0 Å². The maximum atomic E-state index is 12.1. The molecule has 0 aromatic carbocycles. The van der Waals surface area contributed by atoms with Gasteiger partial charge in [0, 0.05) is 25.0 Å². The highest BCUT2D eigenvalue weighted by molar-refractivity contribution is 5.75. The van der Waals surface area contributed by atoms with Crippen LogP contribution in [0, 0.1) is 0 Å². The first-order valence-corrected chi connectivity index (χ1v) is 6.71. The number of carbonyl (C=O) groups excluding carboxylic acids is 1. The van der Waals surface area contributed by atoms with Gasteiger partial charge in [-0.1, -0.05) is 0 Å². The third-order valence-corrected chi connectivity index (χ3v) is 2.91. The van der Waals surface area contributed by atoms with Crippen molar-refractivity contribution in [3.8, 4) is 0 Å². The summed E-state index contributed by atoms with van der Waals surface area (Å²) in [5, 5.41) is 11.6. The number of nitrogens with one attached hydrogen (secondary N) is 1. The van der Waals surface area contributed by atoms with Gasteiger partial charge in [-0.3, -0.25) is 4.79 Å². The van der Waals surface area contributed by atoms with E-state index in [0.29, 0.717) is 6.42 Å². The average molecular weight is 282 g/mol. The second kappa shape index (κ2) is 7.57. The van der Waals surface area contributed by atoms with Crippen LogP contribution >= 0.6 is 0 Å². The SMILES string of the molecule is CC(Cc1ccco1)NC(=O)N(CCC(=O)O)C(C)C. The van der Waals surface area contributed by atoms with E-state index in [4.69, 9.17) is 9.52 Å². The molecule has 1 atom stereocenters. The molecule has 1 heterocycles. The monoisotopic (exact) mass is 282 g/mol. The van der Waals surface area contributed by atoms with E-state index in [1.807, 2.05) is 26.8 Å². The maximum absolute atomic E-state index is 12.1. The number of nitrogens with zero attached hydrogens (tertiary/aromatic N) is 1. The van der Waals surface area contributed by atoms with Gasteiger partial charge in [0.1, 0.15) is 5.76 Å². The molecule has 0 fully saturated rings. The molecule has 1 aromatic heterocycles. The normalized spacial score (nSPS) is 12.2. The number of urea groups is 1. The van der Waals surface area contributed by atoms with Crippen LogP contribution in [0.1, 0.15) is 33.0 Å². The van der Waals surface area contributed by atoms with E-state index in [1.54, 1.807) is 12.3 Å². The summed E-state index contributed by atoms with van der Waals surface area (Å²) in [6, 6.07) is 3.27. The fraction of sp³-hybridized carbons (Fsp3) is 0.571. The average Bonchev–Trinajstić information content (AvgIpc) is 2.80. The lowest BCUT2D eigenvalue weighted by Gasteiger charge is -2.28. The van der Waals surface area contributed by atoms with Gasteiger partial charge in [0.2, 0.25) is 0 Å². The Hall–Kier alpha value is -1.98. The van der Waals surface area contributed by atoms with Crippen LogP contribution in [-0.2, 0) is 11.2 Å². The Morgan fingerprint density at radius 3 is 2.60 bits per heavy atom. The summed E-state index contributed by atoms with van der Waals surface area (Å²) in [6.07, 6.45) is 2.14. The molecule has 2 amide bonds. The van der Waals surface area contributed by atoms with Gasteiger partial charge in [0.05, 0.1) is 12.7 Å². The maximum Gasteiger partial charge on any atom is 0.317 e. The third kappa shape index (κ3) is 5.34. The molecule has 0 spiro atoms. The molecule has 0 aliphatic heterocycles. The third-order valence-electron chi connectivity index (χ3n) is 2.91. The smallest absolute Gasteiger partial charge is 0.317 e. The van der Waals surface area contributed by atoms with Gasteiger partial charge >= 0.3 is 12.0 Å². The number of carbonyl (C=O) groups is 2. The first kappa shape index (κ1) is 16.1. The van der Waals surface area contributed by atoms with Crippen LogP contribution in [0.2, 0.25) is 0 Å². The van der Waals surface area contributed by atoms with Crippen LogP contribution in [0.5, 0.6) is 0 Å². The summed E-state index contributed by atoms with van der Waals surface area (Å²) in [7, 11) is 0. The van der Waals surface area contributed by atoms with E-state index in [-0.39, 0.29) is 31.1 Å². The second-order valence-electron chi connectivity index (χ2n) is 5.06. The van der Waals surface area contributed by atoms with Crippen molar-refractivity contribution in [1.29, 1.82) is 0 Å². The van der Waals surface area contributed by atoms with E-state index < -0.39 is 5.97 Å². The van der Waals surface area contributed by atoms with Crippen LogP contribution < -0.4 is 5.32 Å². The predicted octanol–water partition coefficient (Wildman–Crippen LogP) is 2.11. The van der Waals surface area contributed by atoms with E-state index in [1.165, 1.54) is 4.90 Å². The Balaban J connectivity index is 2.50. The lowest BCUT2D eigenvalue weighted by molar-refractivity contribution is -0.137. The lowest BCUT2D eigenvalue weighted by atomic mass is 10.2. The van der Waals surface area contributed by atoms with Crippen LogP contribution in [0.3, 0.4) is 0 Å². The molecule has 0 bridgehead atoms. The van der Waals surface area contributed by atoms with Crippen molar-refractivity contribution in [2.24, 2.45) is 0 Å². The number of hydrogen-bond donors (Lipinski definition) is 2. The van der Waals surface area contributed by atoms with E-state index in [2.05, 4.69) is 5.32 Å². The summed E-state index contributed by atoms with van der Waals surface area (Å²) in [5.41, 5.74) is 0. The first-order chi connectivity index (χ1) is 9.40. The zero-order valence-corrected chi connectivity index (χ0v) is 12.1. The molecular weight excluding hydrogens is 260 g/mol. The molecule has 1 aromatic rings. The van der Waals surface area contributed by atoms with Gasteiger partial charge in [-0.25, -0.2) is 4.79 Å². The number of carboxylic acid groups (broad SMARTS) is 1. The van der Waals surface area contributed by atoms with E-state index in [9.17, 15) is 9.59 Å². The van der Waals surface area contributed by atoms with Crippen LogP contribution in [0.4, 0.5) is 4.79 Å². The summed E-state index contributed by atoms with van der Waals surface area (Å²) >= 11 is 0. The van der Waals surface area contributed by atoms with Crippen LogP contribution in [-0.4, -0.2) is 40.6 Å². The van der Waals surface area contributed by atoms with Crippen molar-refractivity contribution in [1.82, 2.24) is 10.2 Å². The van der Waals surface area contributed by atoms with Gasteiger partial charge in [0.15, 0.2) is 0 Å². The van der Waals surface area contributed by atoms with Gasteiger partial charge < -0.3 is 19.7 Å². The number of amides is 2. The molecule has 1 rings (SSSR count). The number of carboxylic acids is 1. The lowest BCUT2D eigenvalue weighted by Crippen LogP contribution is -2.48. The molecule has 6 nitrogen and oxygen atoms in total. The van der Waals surface area contributed by atoms with Gasteiger partial charge in [-0.15, -0.1) is 0 Å². The summed E-state index contributed by atoms with van der Waals surface area (Å²) in [5.74, 6) is -0.105. The molecule has 112 valence electrons. The van der Waals surface area contributed by atoms with Crippen LogP contribution in [0.25, 0.3) is 0 Å². The Labute approximate surface area is 118 Å². The van der Waals surface area contributed by atoms with Crippen molar-refractivity contribution in [2.45, 2.75) is 45.7 Å². The molecule has 0 saturated heterocycles. The van der Waals surface area contributed by atoms with Gasteiger partial charge in [-0.2, -0.15) is 0 Å². The minimum Gasteiger partial charge on any atom is -0.481 e. The molecular formula is C14H22N2O4. The molecule has 0 saturated carbocycles.